The van der Waals surface area contributed by atoms with Crippen LogP contribution in [0.15, 0.2) is 23.0 Å². The molecule has 1 aliphatic heterocycles. The van der Waals surface area contributed by atoms with Gasteiger partial charge in [-0.3, -0.25) is 0 Å². The van der Waals surface area contributed by atoms with E-state index < -0.39 is 0 Å². The van der Waals surface area contributed by atoms with E-state index in [9.17, 15) is 0 Å². The molecule has 1 spiro atoms. The predicted molar refractivity (Wildman–Crippen MR) is 105 cm³/mol. The van der Waals surface area contributed by atoms with Gasteiger partial charge in [-0.25, -0.2) is 0 Å². The molecule has 1 saturated heterocycles. The van der Waals surface area contributed by atoms with Gasteiger partial charge in [-0.05, 0) is 92.1 Å². The van der Waals surface area contributed by atoms with E-state index >= 15 is 0 Å². The van der Waals surface area contributed by atoms with Crippen LogP contribution in [0.5, 0.6) is 0 Å². The van der Waals surface area contributed by atoms with E-state index in [-0.39, 0.29) is 5.60 Å². The first-order valence-corrected chi connectivity index (χ1v) is 11.4. The van der Waals surface area contributed by atoms with Gasteiger partial charge in [-0.1, -0.05) is 13.8 Å². The van der Waals surface area contributed by atoms with Crippen molar-refractivity contribution in [3.05, 3.63) is 24.2 Å². The topological polar surface area (TPSA) is 25.7 Å². The molecule has 0 amide bonds. The first kappa shape index (κ1) is 16.5. The van der Waals surface area contributed by atoms with Gasteiger partial charge in [0.05, 0.1) is 18.6 Å². The van der Waals surface area contributed by atoms with Crippen molar-refractivity contribution in [1.29, 1.82) is 0 Å². The Morgan fingerprint density at radius 1 is 1.04 bits per heavy atom. The first-order valence-electron chi connectivity index (χ1n) is 10.9. The van der Waals surface area contributed by atoms with Crippen molar-refractivity contribution in [2.45, 2.75) is 88.1 Å². The Balaban J connectivity index is 1.37. The van der Waals surface area contributed by atoms with Crippen molar-refractivity contribution in [3.8, 4) is 0 Å². The number of thiol groups is 1. The molecule has 5 aliphatic rings. The monoisotopic (exact) mass is 372 g/mol. The van der Waals surface area contributed by atoms with Crippen molar-refractivity contribution in [3.63, 3.8) is 0 Å². The lowest BCUT2D eigenvalue weighted by molar-refractivity contribution is -0.126. The summed E-state index contributed by atoms with van der Waals surface area (Å²) in [6.45, 7) is 5.18. The van der Waals surface area contributed by atoms with Crippen LogP contribution in [0, 0.1) is 28.6 Å². The molecular formula is C23H32O2S. The Kier molecular flexibility index (Phi) is 3.27. The molecule has 0 radical (unpaired) electrons. The Morgan fingerprint density at radius 3 is 2.73 bits per heavy atom. The molecule has 3 heteroatoms. The summed E-state index contributed by atoms with van der Waals surface area (Å²) in [5.41, 5.74) is 2.41. The smallest absolute Gasteiger partial charge is 0.104 e. The van der Waals surface area contributed by atoms with Gasteiger partial charge in [-0.15, -0.1) is 0 Å². The maximum Gasteiger partial charge on any atom is 0.104 e. The van der Waals surface area contributed by atoms with Gasteiger partial charge >= 0.3 is 0 Å². The van der Waals surface area contributed by atoms with E-state index in [0.717, 1.165) is 17.8 Å². The maximum absolute atomic E-state index is 6.65. The van der Waals surface area contributed by atoms with E-state index in [0.29, 0.717) is 28.1 Å². The van der Waals surface area contributed by atoms with Crippen LogP contribution in [-0.2, 0) is 4.74 Å². The zero-order valence-electron chi connectivity index (χ0n) is 16.1. The fourth-order valence-corrected chi connectivity index (χ4v) is 9.03. The molecule has 6 rings (SSSR count). The summed E-state index contributed by atoms with van der Waals surface area (Å²) >= 11 is 4.84. The SMILES string of the molecule is C[C@]12CCC(S)CC1CC[C@@H]1[C@H]2CC[C@]2(C)C(c3ccoc3)CC3O[C@]312. The minimum Gasteiger partial charge on any atom is -0.472 e. The lowest BCUT2D eigenvalue weighted by Gasteiger charge is -2.61. The van der Waals surface area contributed by atoms with E-state index in [4.69, 9.17) is 21.8 Å². The largest absolute Gasteiger partial charge is 0.472 e. The molecule has 0 bridgehead atoms. The number of rotatable bonds is 1. The van der Waals surface area contributed by atoms with Crippen LogP contribution in [0.3, 0.4) is 0 Å². The molecule has 1 aromatic heterocycles. The fourth-order valence-electron chi connectivity index (χ4n) is 8.64. The third kappa shape index (κ3) is 1.81. The van der Waals surface area contributed by atoms with Crippen LogP contribution < -0.4 is 0 Å². The van der Waals surface area contributed by atoms with Gasteiger partial charge in [0.15, 0.2) is 0 Å². The summed E-state index contributed by atoms with van der Waals surface area (Å²) in [6, 6.07) is 2.20. The van der Waals surface area contributed by atoms with Gasteiger partial charge in [0.25, 0.3) is 0 Å². The predicted octanol–water partition coefficient (Wildman–Crippen LogP) is 5.84. The van der Waals surface area contributed by atoms with Gasteiger partial charge in [0.2, 0.25) is 0 Å². The van der Waals surface area contributed by atoms with E-state index in [2.05, 4.69) is 19.9 Å². The van der Waals surface area contributed by atoms with Crippen molar-refractivity contribution < 1.29 is 9.15 Å². The quantitative estimate of drug-likeness (QED) is 0.495. The zero-order chi connectivity index (χ0) is 17.7. The third-order valence-electron chi connectivity index (χ3n) is 10.0. The molecule has 0 aromatic carbocycles. The molecule has 4 aliphatic carbocycles. The van der Waals surface area contributed by atoms with Gasteiger partial charge in [0, 0.05) is 10.7 Å². The summed E-state index contributed by atoms with van der Waals surface area (Å²) in [5, 5.41) is 0.638. The highest BCUT2D eigenvalue weighted by molar-refractivity contribution is 7.80. The molecule has 4 saturated carbocycles. The zero-order valence-corrected chi connectivity index (χ0v) is 17.0. The molecule has 5 fully saturated rings. The van der Waals surface area contributed by atoms with Crippen LogP contribution in [0.2, 0.25) is 0 Å². The van der Waals surface area contributed by atoms with Gasteiger partial charge in [-0.2, -0.15) is 12.6 Å². The Labute approximate surface area is 162 Å². The molecule has 1 aromatic rings. The number of epoxide rings is 1. The van der Waals surface area contributed by atoms with Crippen LogP contribution >= 0.6 is 12.6 Å². The maximum atomic E-state index is 6.65. The molecule has 2 heterocycles. The molecule has 9 atom stereocenters. The van der Waals surface area contributed by atoms with Gasteiger partial charge in [0.1, 0.15) is 5.60 Å². The average molecular weight is 373 g/mol. The molecule has 26 heavy (non-hydrogen) atoms. The second-order valence-corrected chi connectivity index (χ2v) is 11.4. The second-order valence-electron chi connectivity index (χ2n) is 10.6. The fraction of sp³-hybridized carbons (Fsp3) is 0.826. The summed E-state index contributed by atoms with van der Waals surface area (Å²) in [6.07, 6.45) is 15.1. The minimum atomic E-state index is 0.170. The molecular weight excluding hydrogens is 340 g/mol. The highest BCUT2D eigenvalue weighted by Gasteiger charge is 2.80. The van der Waals surface area contributed by atoms with Crippen molar-refractivity contribution >= 4 is 12.6 Å². The summed E-state index contributed by atoms with van der Waals surface area (Å²) in [4.78, 5) is 0. The normalized spacial score (nSPS) is 57.7. The van der Waals surface area contributed by atoms with E-state index in [1.54, 1.807) is 0 Å². The van der Waals surface area contributed by atoms with Crippen LogP contribution in [-0.4, -0.2) is 17.0 Å². The minimum absolute atomic E-state index is 0.170. The third-order valence-corrected chi connectivity index (χ3v) is 10.5. The summed E-state index contributed by atoms with van der Waals surface area (Å²) < 4.78 is 12.1. The number of ether oxygens (including phenoxy) is 1. The molecule has 142 valence electrons. The van der Waals surface area contributed by atoms with E-state index in [1.807, 2.05) is 12.5 Å². The standard InChI is InChI=1S/C23H32O2S/c1-21-8-5-16(26)11-15(21)3-4-18-17(21)6-9-22(2)19(14-7-10-24-13-14)12-20-23(18,22)25-20/h7,10,13,15-20,26H,3-6,8-9,11-12H2,1-2H3/t15?,16?,17-,18-,19?,20?,21+,22-,23+/m1/s1. The average Bonchev–Trinajstić information content (AvgIpc) is 2.99. The summed E-state index contributed by atoms with van der Waals surface area (Å²) in [7, 11) is 0. The number of hydrogen-bond acceptors (Lipinski definition) is 3. The highest BCUT2D eigenvalue weighted by Crippen LogP contribution is 2.78. The Bertz CT molecular complexity index is 716. The Hall–Kier alpha value is -0.410. The van der Waals surface area contributed by atoms with Crippen molar-refractivity contribution in [2.75, 3.05) is 0 Å². The first-order chi connectivity index (χ1) is 12.5. The second kappa shape index (κ2) is 5.14. The number of furan rings is 1. The molecule has 0 N–H and O–H groups in total. The van der Waals surface area contributed by atoms with Crippen molar-refractivity contribution in [2.24, 2.45) is 28.6 Å². The lowest BCUT2D eigenvalue weighted by atomic mass is 9.44. The van der Waals surface area contributed by atoms with Crippen LogP contribution in [0.4, 0.5) is 0 Å². The number of hydrogen-bond donors (Lipinski definition) is 1. The Morgan fingerprint density at radius 2 is 1.92 bits per heavy atom. The summed E-state index contributed by atoms with van der Waals surface area (Å²) in [5.74, 6) is 3.16. The highest BCUT2D eigenvalue weighted by atomic mass is 32.1. The molecule has 4 unspecified atom stereocenters. The van der Waals surface area contributed by atoms with Crippen LogP contribution in [0.25, 0.3) is 0 Å². The lowest BCUT2D eigenvalue weighted by Crippen LogP contribution is -2.58. The number of fused-ring (bicyclic) bond motifs is 3. The van der Waals surface area contributed by atoms with E-state index in [1.165, 1.54) is 56.9 Å². The molecule has 2 nitrogen and oxygen atoms in total. The van der Waals surface area contributed by atoms with Crippen LogP contribution in [0.1, 0.15) is 76.7 Å². The van der Waals surface area contributed by atoms with Crippen molar-refractivity contribution in [1.82, 2.24) is 0 Å². The van der Waals surface area contributed by atoms with Gasteiger partial charge < -0.3 is 9.15 Å².